The molecule has 7 heteroatoms. The Labute approximate surface area is 211 Å². The quantitative estimate of drug-likeness (QED) is 0.581. The Morgan fingerprint density at radius 1 is 0.972 bits per heavy atom. The van der Waals surface area contributed by atoms with Crippen LogP contribution < -0.4 is 10.1 Å². The average Bonchev–Trinajstić information content (AvgIpc) is 2.85. The first kappa shape index (κ1) is 25.2. The number of dihydropyridines is 1. The molecule has 1 aliphatic carbocycles. The van der Waals surface area contributed by atoms with Gasteiger partial charge in [-0.3, -0.25) is 4.79 Å². The van der Waals surface area contributed by atoms with Crippen molar-refractivity contribution in [3.8, 4) is 5.75 Å². The van der Waals surface area contributed by atoms with Crippen LogP contribution in [0.25, 0.3) is 0 Å². The zero-order chi connectivity index (χ0) is 26.0. The van der Waals surface area contributed by atoms with Crippen LogP contribution in [0.1, 0.15) is 61.0 Å². The zero-order valence-electron chi connectivity index (χ0n) is 21.3. The monoisotopic (exact) mass is 489 g/mol. The summed E-state index contributed by atoms with van der Waals surface area (Å²) < 4.78 is 15.7. The van der Waals surface area contributed by atoms with Crippen molar-refractivity contribution < 1.29 is 28.6 Å². The minimum absolute atomic E-state index is 0.00347. The van der Waals surface area contributed by atoms with Crippen LogP contribution in [0.4, 0.5) is 0 Å². The maximum atomic E-state index is 13.5. The van der Waals surface area contributed by atoms with Crippen LogP contribution in [-0.2, 0) is 25.7 Å². The maximum Gasteiger partial charge on any atom is 0.337 e. The number of Topliss-reactive ketones (excluding diaryl/α,β-unsaturated/α-hetero) is 1. The van der Waals surface area contributed by atoms with Crippen LogP contribution in [0, 0.1) is 5.41 Å². The van der Waals surface area contributed by atoms with Gasteiger partial charge in [0.25, 0.3) is 0 Å². The molecular weight excluding hydrogens is 458 g/mol. The minimum atomic E-state index is -0.597. The summed E-state index contributed by atoms with van der Waals surface area (Å²) in [5.74, 6) is -0.826. The molecule has 0 aromatic heterocycles. The zero-order valence-corrected chi connectivity index (χ0v) is 21.3. The first-order valence-electron chi connectivity index (χ1n) is 11.9. The third-order valence-electron chi connectivity index (χ3n) is 6.65. The van der Waals surface area contributed by atoms with Crippen LogP contribution in [-0.4, -0.2) is 31.9 Å². The molecule has 4 rings (SSSR count). The normalized spacial score (nSPS) is 18.8. The van der Waals surface area contributed by atoms with E-state index in [-0.39, 0.29) is 17.8 Å². The Kier molecular flexibility index (Phi) is 7.02. The van der Waals surface area contributed by atoms with E-state index in [1.54, 1.807) is 43.5 Å². The predicted octanol–water partition coefficient (Wildman–Crippen LogP) is 4.83. The Morgan fingerprint density at radius 3 is 2.25 bits per heavy atom. The molecule has 1 N–H and O–H groups in total. The highest BCUT2D eigenvalue weighted by atomic mass is 16.5. The fraction of sp³-hybridized carbons (Fsp3) is 0.345. The maximum absolute atomic E-state index is 13.5. The molecule has 0 unspecified atom stereocenters. The molecule has 1 atom stereocenters. The fourth-order valence-electron chi connectivity index (χ4n) is 4.92. The van der Waals surface area contributed by atoms with Crippen molar-refractivity contribution in [2.75, 3.05) is 14.2 Å². The smallest absolute Gasteiger partial charge is 0.337 e. The number of ether oxygens (including phenoxy) is 3. The first-order chi connectivity index (χ1) is 17.1. The number of esters is 2. The number of carbonyl (C=O) groups excluding carboxylic acids is 3. The van der Waals surface area contributed by atoms with E-state index in [0.29, 0.717) is 41.0 Å². The van der Waals surface area contributed by atoms with E-state index in [0.717, 1.165) is 16.8 Å². The molecule has 0 saturated heterocycles. The minimum Gasteiger partial charge on any atom is -0.497 e. The van der Waals surface area contributed by atoms with Crippen molar-refractivity contribution in [1.82, 2.24) is 5.32 Å². The van der Waals surface area contributed by atoms with E-state index in [4.69, 9.17) is 14.2 Å². The van der Waals surface area contributed by atoms with Gasteiger partial charge < -0.3 is 19.5 Å². The molecule has 0 radical (unpaired) electrons. The molecule has 188 valence electrons. The van der Waals surface area contributed by atoms with Crippen molar-refractivity contribution >= 4 is 17.7 Å². The molecule has 0 fully saturated rings. The summed E-state index contributed by atoms with van der Waals surface area (Å²) in [7, 11) is 2.92. The van der Waals surface area contributed by atoms with Gasteiger partial charge in [-0.05, 0) is 54.2 Å². The Bertz CT molecular complexity index is 1250. The molecule has 7 nitrogen and oxygen atoms in total. The predicted molar refractivity (Wildman–Crippen MR) is 134 cm³/mol. The summed E-state index contributed by atoms with van der Waals surface area (Å²) in [6, 6.07) is 14.1. The van der Waals surface area contributed by atoms with Gasteiger partial charge in [0.15, 0.2) is 5.78 Å². The van der Waals surface area contributed by atoms with Crippen molar-refractivity contribution in [1.29, 1.82) is 0 Å². The number of ketones is 1. The standard InChI is InChI=1S/C29H31NO6/c1-17-24(28(33)36-16-18-6-12-21(34-4)13-7-18)25(19-8-10-20(11-9-19)27(32)35-5)26-22(30-17)14-29(2,3)15-23(26)31/h6-13,25,30H,14-16H2,1-5H3/t25-/m1/s1. The van der Waals surface area contributed by atoms with E-state index in [1.807, 2.05) is 19.1 Å². The van der Waals surface area contributed by atoms with Gasteiger partial charge in [0.05, 0.1) is 25.4 Å². The summed E-state index contributed by atoms with van der Waals surface area (Å²) in [4.78, 5) is 38.8. The molecule has 0 saturated carbocycles. The Hall–Kier alpha value is -3.87. The molecule has 0 bridgehead atoms. The van der Waals surface area contributed by atoms with E-state index in [2.05, 4.69) is 19.2 Å². The van der Waals surface area contributed by atoms with Crippen molar-refractivity contribution in [2.45, 2.75) is 46.1 Å². The van der Waals surface area contributed by atoms with E-state index >= 15 is 0 Å². The van der Waals surface area contributed by atoms with Gasteiger partial charge >= 0.3 is 11.9 Å². The van der Waals surface area contributed by atoms with Crippen LogP contribution in [0.3, 0.4) is 0 Å². The number of carbonyl (C=O) groups is 3. The van der Waals surface area contributed by atoms with E-state index < -0.39 is 17.9 Å². The van der Waals surface area contributed by atoms with Crippen molar-refractivity contribution in [3.63, 3.8) is 0 Å². The lowest BCUT2D eigenvalue weighted by Gasteiger charge is -2.39. The molecular formula is C29H31NO6. The molecule has 2 aromatic carbocycles. The third kappa shape index (κ3) is 5.05. The van der Waals surface area contributed by atoms with Crippen LogP contribution in [0.2, 0.25) is 0 Å². The second-order valence-electron chi connectivity index (χ2n) is 9.97. The van der Waals surface area contributed by atoms with Crippen LogP contribution in [0.15, 0.2) is 71.1 Å². The van der Waals surface area contributed by atoms with Gasteiger partial charge in [0.2, 0.25) is 0 Å². The number of hydrogen-bond acceptors (Lipinski definition) is 7. The number of nitrogens with one attached hydrogen (secondary N) is 1. The van der Waals surface area contributed by atoms with Gasteiger partial charge in [-0.1, -0.05) is 38.1 Å². The lowest BCUT2D eigenvalue weighted by Crippen LogP contribution is -2.38. The lowest BCUT2D eigenvalue weighted by molar-refractivity contribution is -0.140. The summed E-state index contributed by atoms with van der Waals surface area (Å²) in [6.07, 6.45) is 1.08. The fourth-order valence-corrected chi connectivity index (χ4v) is 4.92. The van der Waals surface area contributed by atoms with Gasteiger partial charge in [0.1, 0.15) is 12.4 Å². The summed E-state index contributed by atoms with van der Waals surface area (Å²) in [5, 5.41) is 3.33. The highest BCUT2D eigenvalue weighted by Crippen LogP contribution is 2.46. The van der Waals surface area contributed by atoms with Crippen molar-refractivity contribution in [2.24, 2.45) is 5.41 Å². The highest BCUT2D eigenvalue weighted by molar-refractivity contribution is 6.04. The topological polar surface area (TPSA) is 90.9 Å². The number of allylic oxidation sites excluding steroid dienone is 3. The van der Waals surface area contributed by atoms with Crippen LogP contribution in [0.5, 0.6) is 5.75 Å². The highest BCUT2D eigenvalue weighted by Gasteiger charge is 2.43. The Balaban J connectivity index is 1.70. The largest absolute Gasteiger partial charge is 0.497 e. The van der Waals surface area contributed by atoms with E-state index in [9.17, 15) is 14.4 Å². The van der Waals surface area contributed by atoms with Gasteiger partial charge in [-0.25, -0.2) is 9.59 Å². The molecule has 2 aromatic rings. The van der Waals surface area contributed by atoms with Gasteiger partial charge in [0, 0.05) is 29.3 Å². The number of hydrogen-bond donors (Lipinski definition) is 1. The second-order valence-corrected chi connectivity index (χ2v) is 9.97. The number of benzene rings is 2. The summed E-state index contributed by atoms with van der Waals surface area (Å²) in [5.41, 5.74) is 4.23. The number of rotatable bonds is 6. The van der Waals surface area contributed by atoms with Crippen LogP contribution >= 0.6 is 0 Å². The second kappa shape index (κ2) is 10.0. The molecule has 36 heavy (non-hydrogen) atoms. The summed E-state index contributed by atoms with van der Waals surface area (Å²) >= 11 is 0. The molecule has 2 aliphatic rings. The molecule has 0 spiro atoms. The van der Waals surface area contributed by atoms with Crippen molar-refractivity contribution in [3.05, 3.63) is 87.8 Å². The lowest BCUT2D eigenvalue weighted by atomic mass is 9.68. The van der Waals surface area contributed by atoms with Gasteiger partial charge in [-0.15, -0.1) is 0 Å². The number of methoxy groups -OCH3 is 2. The Morgan fingerprint density at radius 2 is 1.64 bits per heavy atom. The average molecular weight is 490 g/mol. The molecule has 1 aliphatic heterocycles. The third-order valence-corrected chi connectivity index (χ3v) is 6.65. The van der Waals surface area contributed by atoms with Gasteiger partial charge in [-0.2, -0.15) is 0 Å². The summed E-state index contributed by atoms with van der Waals surface area (Å²) in [6.45, 7) is 6.04. The molecule has 0 amide bonds. The first-order valence-corrected chi connectivity index (χ1v) is 11.9. The van der Waals surface area contributed by atoms with E-state index in [1.165, 1.54) is 7.11 Å². The SMILES string of the molecule is COC(=O)c1ccc([C@@H]2C(C(=O)OCc3ccc(OC)cc3)=C(C)NC3=C2C(=O)CC(C)(C)C3)cc1. The molecule has 1 heterocycles.